The lowest BCUT2D eigenvalue weighted by Crippen LogP contribution is -2.16. The van der Waals surface area contributed by atoms with Crippen molar-refractivity contribution in [2.24, 2.45) is 0 Å². The third-order valence-electron chi connectivity index (χ3n) is 3.27. The van der Waals surface area contributed by atoms with Crippen molar-refractivity contribution in [3.8, 4) is 6.07 Å². The predicted molar refractivity (Wildman–Crippen MR) is 89.6 cm³/mol. The minimum atomic E-state index is -0.454. The third kappa shape index (κ3) is 4.31. The van der Waals surface area contributed by atoms with E-state index in [0.29, 0.717) is 22.8 Å². The molecule has 116 valence electrons. The summed E-state index contributed by atoms with van der Waals surface area (Å²) >= 11 is 5.98. The van der Waals surface area contributed by atoms with Gasteiger partial charge in [0.15, 0.2) is 0 Å². The third-order valence-corrected chi connectivity index (χ3v) is 3.51. The number of hydrogen-bond donors (Lipinski definition) is 0. The summed E-state index contributed by atoms with van der Waals surface area (Å²) in [5.41, 5.74) is 2.19. The van der Waals surface area contributed by atoms with Crippen molar-refractivity contribution in [3.05, 3.63) is 80.9 Å². The molecule has 0 bridgehead atoms. The molecular formula is C17H14ClN3O2. The number of nitriles is 1. The van der Waals surface area contributed by atoms with Crippen molar-refractivity contribution in [1.82, 2.24) is 4.90 Å². The molecule has 0 saturated heterocycles. The van der Waals surface area contributed by atoms with E-state index in [1.165, 1.54) is 18.2 Å². The molecule has 0 atom stereocenters. The fraction of sp³-hybridized carbons (Fsp3) is 0.118. The quantitative estimate of drug-likeness (QED) is 0.467. The number of allylic oxidation sites excluding steroid dienone is 1. The van der Waals surface area contributed by atoms with E-state index in [-0.39, 0.29) is 5.69 Å². The number of benzene rings is 2. The van der Waals surface area contributed by atoms with Crippen LogP contribution < -0.4 is 0 Å². The number of nitro benzene ring substituents is 1. The van der Waals surface area contributed by atoms with Gasteiger partial charge in [-0.2, -0.15) is 5.26 Å². The summed E-state index contributed by atoms with van der Waals surface area (Å²) in [6.45, 7) is 0.525. The van der Waals surface area contributed by atoms with E-state index in [0.717, 1.165) is 5.56 Å². The standard InChI is InChI=1S/C17H14ClN3O2/c1-20(12-13-4-2-6-15(18)10-13)17(8-9-19)14-5-3-7-16(11-14)21(22)23/h2-8,10-11H,12H2,1H3/b17-8-. The molecule has 5 nitrogen and oxygen atoms in total. The Labute approximate surface area is 139 Å². The first-order valence-electron chi connectivity index (χ1n) is 6.81. The SMILES string of the molecule is CN(Cc1cccc(Cl)c1)/C(=C\C#N)c1cccc([N+](=O)[O-])c1. The molecule has 2 aromatic rings. The van der Waals surface area contributed by atoms with Crippen molar-refractivity contribution < 1.29 is 4.92 Å². The largest absolute Gasteiger partial charge is 0.369 e. The Morgan fingerprint density at radius 3 is 2.74 bits per heavy atom. The first-order valence-corrected chi connectivity index (χ1v) is 7.19. The molecule has 0 unspecified atom stereocenters. The minimum absolute atomic E-state index is 0.0116. The monoisotopic (exact) mass is 327 g/mol. The van der Waals surface area contributed by atoms with Crippen LogP contribution in [0.25, 0.3) is 5.70 Å². The Kier molecular flexibility index (Phi) is 5.34. The average molecular weight is 328 g/mol. The van der Waals surface area contributed by atoms with Gasteiger partial charge >= 0.3 is 0 Å². The zero-order valence-corrected chi connectivity index (χ0v) is 13.2. The molecule has 6 heteroatoms. The van der Waals surface area contributed by atoms with E-state index in [1.807, 2.05) is 36.2 Å². The van der Waals surface area contributed by atoms with Crippen LogP contribution in [-0.2, 0) is 6.54 Å². The van der Waals surface area contributed by atoms with Crippen LogP contribution in [0.3, 0.4) is 0 Å². The molecule has 0 aliphatic heterocycles. The van der Waals surface area contributed by atoms with Gasteiger partial charge in [0.05, 0.1) is 16.7 Å². The maximum Gasteiger partial charge on any atom is 0.270 e. The highest BCUT2D eigenvalue weighted by molar-refractivity contribution is 6.30. The fourth-order valence-corrected chi connectivity index (χ4v) is 2.46. The highest BCUT2D eigenvalue weighted by atomic mass is 35.5. The average Bonchev–Trinajstić information content (AvgIpc) is 2.52. The van der Waals surface area contributed by atoms with Crippen LogP contribution in [0.15, 0.2) is 54.6 Å². The van der Waals surface area contributed by atoms with Crippen LogP contribution in [0.2, 0.25) is 5.02 Å². The van der Waals surface area contributed by atoms with E-state index in [1.54, 1.807) is 18.2 Å². The molecule has 0 fully saturated rings. The van der Waals surface area contributed by atoms with Gasteiger partial charge in [-0.25, -0.2) is 0 Å². The van der Waals surface area contributed by atoms with Gasteiger partial charge in [0.25, 0.3) is 5.69 Å². The van der Waals surface area contributed by atoms with Crippen molar-refractivity contribution in [2.75, 3.05) is 7.05 Å². The second-order valence-corrected chi connectivity index (χ2v) is 5.39. The number of non-ortho nitro benzene ring substituents is 1. The van der Waals surface area contributed by atoms with Crippen molar-refractivity contribution in [3.63, 3.8) is 0 Å². The van der Waals surface area contributed by atoms with Crippen molar-refractivity contribution in [1.29, 1.82) is 5.26 Å². The topological polar surface area (TPSA) is 70.2 Å². The van der Waals surface area contributed by atoms with E-state index in [2.05, 4.69) is 0 Å². The maximum atomic E-state index is 10.9. The molecule has 23 heavy (non-hydrogen) atoms. The molecule has 0 aliphatic rings. The summed E-state index contributed by atoms with van der Waals surface area (Å²) in [7, 11) is 1.82. The molecule has 2 rings (SSSR count). The Morgan fingerprint density at radius 2 is 2.09 bits per heavy atom. The Bertz CT molecular complexity index is 796. The van der Waals surface area contributed by atoms with Gasteiger partial charge in [0.1, 0.15) is 0 Å². The highest BCUT2D eigenvalue weighted by Gasteiger charge is 2.13. The van der Waals surface area contributed by atoms with Gasteiger partial charge < -0.3 is 4.90 Å². The number of rotatable bonds is 5. The molecular weight excluding hydrogens is 314 g/mol. The maximum absolute atomic E-state index is 10.9. The smallest absolute Gasteiger partial charge is 0.270 e. The van der Waals surface area contributed by atoms with Gasteiger partial charge in [-0.15, -0.1) is 0 Å². The lowest BCUT2D eigenvalue weighted by atomic mass is 10.1. The molecule has 0 radical (unpaired) electrons. The van der Waals surface area contributed by atoms with E-state index >= 15 is 0 Å². The van der Waals surface area contributed by atoms with Crippen molar-refractivity contribution in [2.45, 2.75) is 6.54 Å². The predicted octanol–water partition coefficient (Wildman–Crippen LogP) is 4.24. The molecule has 0 amide bonds. The lowest BCUT2D eigenvalue weighted by molar-refractivity contribution is -0.384. The summed E-state index contributed by atoms with van der Waals surface area (Å²) in [4.78, 5) is 12.3. The van der Waals surface area contributed by atoms with Gasteiger partial charge in [-0.05, 0) is 17.7 Å². The van der Waals surface area contributed by atoms with Crippen LogP contribution in [0.5, 0.6) is 0 Å². The van der Waals surface area contributed by atoms with Gasteiger partial charge in [0, 0.05) is 42.4 Å². The number of nitrogens with zero attached hydrogens (tertiary/aromatic N) is 3. The minimum Gasteiger partial charge on any atom is -0.369 e. The molecule has 0 aromatic heterocycles. The zero-order valence-electron chi connectivity index (χ0n) is 12.4. The fourth-order valence-electron chi connectivity index (χ4n) is 2.25. The second-order valence-electron chi connectivity index (χ2n) is 4.95. The Morgan fingerprint density at radius 1 is 1.35 bits per heavy atom. The van der Waals surface area contributed by atoms with E-state index in [4.69, 9.17) is 16.9 Å². The summed E-state index contributed by atoms with van der Waals surface area (Å²) in [6, 6.07) is 15.6. The van der Waals surface area contributed by atoms with Crippen LogP contribution in [-0.4, -0.2) is 16.9 Å². The summed E-state index contributed by atoms with van der Waals surface area (Å²) in [5, 5.41) is 20.6. The zero-order chi connectivity index (χ0) is 16.8. The Hall–Kier alpha value is -2.84. The number of halogens is 1. The second kappa shape index (κ2) is 7.43. The highest BCUT2D eigenvalue weighted by Crippen LogP contribution is 2.24. The Balaban J connectivity index is 2.31. The number of nitro groups is 1. The van der Waals surface area contributed by atoms with Gasteiger partial charge in [-0.3, -0.25) is 10.1 Å². The summed E-state index contributed by atoms with van der Waals surface area (Å²) in [5.74, 6) is 0. The summed E-state index contributed by atoms with van der Waals surface area (Å²) < 4.78 is 0. The summed E-state index contributed by atoms with van der Waals surface area (Å²) in [6.07, 6.45) is 1.38. The molecule has 0 spiro atoms. The van der Waals surface area contributed by atoms with Crippen LogP contribution in [0.4, 0.5) is 5.69 Å². The first kappa shape index (κ1) is 16.5. The van der Waals surface area contributed by atoms with E-state index < -0.39 is 4.92 Å². The van der Waals surface area contributed by atoms with Gasteiger partial charge in [-0.1, -0.05) is 35.9 Å². The lowest BCUT2D eigenvalue weighted by Gasteiger charge is -2.22. The first-order chi connectivity index (χ1) is 11.0. The molecule has 0 heterocycles. The van der Waals surface area contributed by atoms with Crippen molar-refractivity contribution >= 4 is 23.0 Å². The molecule has 0 saturated carbocycles. The van der Waals surface area contributed by atoms with Gasteiger partial charge in [0.2, 0.25) is 0 Å². The molecule has 0 aliphatic carbocycles. The van der Waals surface area contributed by atoms with E-state index in [9.17, 15) is 10.1 Å². The van der Waals surface area contributed by atoms with Crippen LogP contribution in [0.1, 0.15) is 11.1 Å². The molecule has 0 N–H and O–H groups in total. The van der Waals surface area contributed by atoms with Crippen LogP contribution >= 0.6 is 11.6 Å². The normalized spacial score (nSPS) is 10.9. The number of hydrogen-bond acceptors (Lipinski definition) is 4. The van der Waals surface area contributed by atoms with Crippen LogP contribution in [0, 0.1) is 21.4 Å². The molecule has 2 aromatic carbocycles.